The van der Waals surface area contributed by atoms with E-state index in [0.29, 0.717) is 17.0 Å². The largest absolute Gasteiger partial charge is 0.809 e. The molecule has 0 bridgehead atoms. The molecule has 0 fully saturated rings. The number of hydrogen-bond acceptors (Lipinski definition) is 2. The Bertz CT molecular complexity index is 1330. The zero-order valence-electron chi connectivity index (χ0n) is 16.2. The first-order valence-corrected chi connectivity index (χ1v) is 9.42. The first-order valence-electron chi connectivity index (χ1n) is 9.42. The van der Waals surface area contributed by atoms with Gasteiger partial charge in [0, 0.05) is 28.3 Å². The molecule has 3 nitrogen and oxygen atoms in total. The van der Waals surface area contributed by atoms with Crippen LogP contribution in [0.2, 0.25) is 0 Å². The Morgan fingerprint density at radius 1 is 1.09 bits per heavy atom. The van der Waals surface area contributed by atoms with Gasteiger partial charge in [-0.1, -0.05) is 42.5 Å². The summed E-state index contributed by atoms with van der Waals surface area (Å²) in [5, 5.41) is 2.16. The van der Waals surface area contributed by atoms with E-state index in [1.54, 1.807) is 6.08 Å². The fraction of sp³-hybridized carbons (Fsp3) is 0.143. The van der Waals surface area contributed by atoms with Gasteiger partial charge in [-0.3, -0.25) is 0 Å². The Morgan fingerprint density at radius 3 is 2.53 bits per heavy atom. The van der Waals surface area contributed by atoms with Crippen molar-refractivity contribution in [3.05, 3.63) is 70.2 Å². The molecule has 0 saturated carbocycles. The summed E-state index contributed by atoms with van der Waals surface area (Å²) in [6, 6.07) is 6.83. The second-order valence-corrected chi connectivity index (χ2v) is 6.96. The lowest BCUT2D eigenvalue weighted by Crippen LogP contribution is -2.48. The smallest absolute Gasteiger partial charge is 0.240 e. The summed E-state index contributed by atoms with van der Waals surface area (Å²) in [5.41, 5.74) is -1.75. The first-order chi connectivity index (χ1) is 15.2. The topological polar surface area (TPSA) is 28.8 Å². The summed E-state index contributed by atoms with van der Waals surface area (Å²) in [6.07, 6.45) is -1.59. The highest BCUT2D eigenvalue weighted by atomic mass is 19.4. The molecule has 0 unspecified atom stereocenters. The summed E-state index contributed by atoms with van der Waals surface area (Å²) in [7, 11) is -3.15. The Balaban J connectivity index is 1.96. The third-order valence-corrected chi connectivity index (χ3v) is 4.95. The first kappa shape index (κ1) is 21.9. The van der Waals surface area contributed by atoms with Crippen molar-refractivity contribution in [2.24, 2.45) is 0 Å². The van der Waals surface area contributed by atoms with Crippen LogP contribution in [-0.4, -0.2) is 12.4 Å². The molecule has 3 aromatic rings. The predicted octanol–water partition coefficient (Wildman–Crippen LogP) is 4.52. The zero-order chi connectivity index (χ0) is 23.0. The van der Waals surface area contributed by atoms with Crippen molar-refractivity contribution < 1.29 is 35.1 Å². The zero-order valence-corrected chi connectivity index (χ0v) is 16.2. The van der Waals surface area contributed by atoms with Crippen LogP contribution in [0.3, 0.4) is 0 Å². The van der Waals surface area contributed by atoms with Crippen molar-refractivity contribution >= 4 is 42.1 Å². The van der Waals surface area contributed by atoms with E-state index in [2.05, 4.69) is 10.3 Å². The maximum absolute atomic E-state index is 13.9. The molecule has 2 heterocycles. The molecule has 0 radical (unpaired) electrons. The third kappa shape index (κ3) is 4.06. The minimum absolute atomic E-state index is 0.00536. The molecule has 0 aliphatic heterocycles. The Hall–Kier alpha value is -3.37. The summed E-state index contributed by atoms with van der Waals surface area (Å²) in [6.45, 7) is 0. The molecule has 1 aliphatic rings. The molecule has 164 valence electrons. The van der Waals surface area contributed by atoms with Gasteiger partial charge in [0.1, 0.15) is 5.52 Å². The van der Waals surface area contributed by atoms with Gasteiger partial charge in [-0.15, -0.1) is 0 Å². The van der Waals surface area contributed by atoms with Crippen molar-refractivity contribution in [1.82, 2.24) is 4.98 Å². The van der Waals surface area contributed by atoms with Crippen molar-refractivity contribution in [1.29, 1.82) is 0 Å². The summed E-state index contributed by atoms with van der Waals surface area (Å²) in [4.78, 5) is 4.11. The normalized spacial score (nSPS) is 13.4. The molecule has 32 heavy (non-hydrogen) atoms. The summed E-state index contributed by atoms with van der Waals surface area (Å²) >= 11 is 0. The minimum Gasteiger partial charge on any atom is -0.240 e. The Kier molecular flexibility index (Phi) is 5.66. The number of halogens is 7. The second-order valence-electron chi connectivity index (χ2n) is 6.96. The molecule has 0 atom stereocenters. The van der Waals surface area contributed by atoms with Crippen LogP contribution in [0.25, 0.3) is 23.1 Å². The SMILES string of the molecule is FB(F)[n+]1c(Nc2cc(C(F)(F)F)c3c(n2)=CCC=CC=3)cc(C(F)F)c2ccccc21. The third-order valence-electron chi connectivity index (χ3n) is 4.95. The van der Waals surface area contributed by atoms with Gasteiger partial charge in [0.2, 0.25) is 5.82 Å². The highest BCUT2D eigenvalue weighted by Gasteiger charge is 2.36. The van der Waals surface area contributed by atoms with Crippen LogP contribution in [0.5, 0.6) is 0 Å². The van der Waals surface area contributed by atoms with Gasteiger partial charge in [0.15, 0.2) is 0 Å². The van der Waals surface area contributed by atoms with Crippen molar-refractivity contribution in [2.45, 2.75) is 19.0 Å². The van der Waals surface area contributed by atoms with E-state index < -0.39 is 42.8 Å². The second kappa shape index (κ2) is 8.29. The number of benzene rings is 1. The average molecular weight is 452 g/mol. The molecule has 0 amide bonds. The number of fused-ring (bicyclic) bond motifs is 2. The molecular weight excluding hydrogens is 438 g/mol. The van der Waals surface area contributed by atoms with Gasteiger partial charge >= 0.3 is 13.6 Å². The monoisotopic (exact) mass is 452 g/mol. The number of hydrogen-bond donors (Lipinski definition) is 1. The van der Waals surface area contributed by atoms with Gasteiger partial charge in [0.05, 0.1) is 10.9 Å². The van der Waals surface area contributed by atoms with Crippen molar-refractivity contribution in [2.75, 3.05) is 5.32 Å². The van der Waals surface area contributed by atoms with Gasteiger partial charge in [-0.2, -0.15) is 13.2 Å². The number of pyridine rings is 2. The number of para-hydroxylation sites is 1. The number of rotatable bonds is 4. The number of nitrogens with zero attached hydrogens (tertiary/aromatic N) is 2. The van der Waals surface area contributed by atoms with E-state index in [1.807, 2.05) is 0 Å². The van der Waals surface area contributed by atoms with Crippen LogP contribution in [0.4, 0.5) is 42.2 Å². The van der Waals surface area contributed by atoms with Crippen LogP contribution >= 0.6 is 0 Å². The minimum atomic E-state index is -4.75. The number of nitrogens with one attached hydrogen (secondary N) is 1. The molecule has 1 aliphatic carbocycles. The fourth-order valence-electron chi connectivity index (χ4n) is 3.60. The Labute approximate surface area is 177 Å². The molecule has 11 heteroatoms. The molecule has 4 rings (SSSR count). The highest BCUT2D eigenvalue weighted by molar-refractivity contribution is 6.33. The predicted molar refractivity (Wildman–Crippen MR) is 107 cm³/mol. The molecule has 1 aromatic carbocycles. The number of anilines is 2. The lowest BCUT2D eigenvalue weighted by atomic mass is 10.0. The van der Waals surface area contributed by atoms with E-state index >= 15 is 0 Å². The van der Waals surface area contributed by atoms with Crippen LogP contribution in [0, 0.1) is 0 Å². The van der Waals surface area contributed by atoms with Crippen LogP contribution in [-0.2, 0) is 6.18 Å². The lowest BCUT2D eigenvalue weighted by molar-refractivity contribution is -0.509. The Morgan fingerprint density at radius 2 is 1.84 bits per heavy atom. The number of aromatic nitrogens is 2. The lowest BCUT2D eigenvalue weighted by Gasteiger charge is -2.13. The summed E-state index contributed by atoms with van der Waals surface area (Å²) in [5.74, 6) is -0.905. The summed E-state index contributed by atoms with van der Waals surface area (Å²) < 4.78 is 96.5. The van der Waals surface area contributed by atoms with Gasteiger partial charge in [0.25, 0.3) is 12.2 Å². The van der Waals surface area contributed by atoms with Gasteiger partial charge in [-0.25, -0.2) is 32.2 Å². The highest BCUT2D eigenvalue weighted by Crippen LogP contribution is 2.31. The molecule has 0 spiro atoms. The van der Waals surface area contributed by atoms with Gasteiger partial charge in [-0.05, 0) is 12.5 Å². The van der Waals surface area contributed by atoms with E-state index in [4.69, 9.17) is 0 Å². The van der Waals surface area contributed by atoms with Crippen molar-refractivity contribution in [3.8, 4) is 0 Å². The molecule has 2 aromatic heterocycles. The quantitative estimate of drug-likeness (QED) is 0.466. The number of alkyl halides is 5. The van der Waals surface area contributed by atoms with Crippen LogP contribution < -0.4 is 20.4 Å². The van der Waals surface area contributed by atoms with Crippen LogP contribution in [0.15, 0.2) is 48.6 Å². The molecule has 0 saturated heterocycles. The van der Waals surface area contributed by atoms with Crippen LogP contribution in [0.1, 0.15) is 24.0 Å². The van der Waals surface area contributed by atoms with Gasteiger partial charge < -0.3 is 0 Å². The van der Waals surface area contributed by atoms with E-state index in [1.165, 1.54) is 42.5 Å². The standard InChI is InChI=1S/C21H13BF7N3/c23-20(24)14-10-19(32(22(28)29)17-9-5-4-6-12(14)17)31-18-11-15(21(25,26)27)13-7-2-1-3-8-16(13)30-18/h1-2,4-11,20H,3H2/p+1. The van der Waals surface area contributed by atoms with Crippen molar-refractivity contribution in [3.63, 3.8) is 0 Å². The molecular formula is C21H14BF7N3+. The average Bonchev–Trinajstić information content (AvgIpc) is 2.96. The molecule has 1 N–H and O–H groups in total. The maximum atomic E-state index is 13.9. The fourth-order valence-corrected chi connectivity index (χ4v) is 3.60. The van der Waals surface area contributed by atoms with E-state index in [9.17, 15) is 30.6 Å². The van der Waals surface area contributed by atoms with E-state index in [-0.39, 0.29) is 21.5 Å². The van der Waals surface area contributed by atoms with E-state index in [0.717, 1.165) is 6.07 Å². The maximum Gasteiger partial charge on any atom is 0.809 e. The number of allylic oxidation sites excluding steroid dienone is 2.